The van der Waals surface area contributed by atoms with Gasteiger partial charge >= 0.3 is 0 Å². The van der Waals surface area contributed by atoms with Gasteiger partial charge in [0, 0.05) is 32.2 Å². The molecule has 1 aromatic carbocycles. The summed E-state index contributed by atoms with van der Waals surface area (Å²) in [6, 6.07) is 5.73. The zero-order valence-corrected chi connectivity index (χ0v) is 16.5. The third-order valence-corrected chi connectivity index (χ3v) is 5.03. The van der Waals surface area contributed by atoms with E-state index in [2.05, 4.69) is 10.6 Å². The molecule has 1 rings (SSSR count). The van der Waals surface area contributed by atoms with Crippen molar-refractivity contribution in [1.82, 2.24) is 15.5 Å². The van der Waals surface area contributed by atoms with Crippen LogP contribution in [0.1, 0.15) is 24.2 Å². The van der Waals surface area contributed by atoms with Gasteiger partial charge in [0.15, 0.2) is 9.84 Å². The normalized spacial score (nSPS) is 12.0. The van der Waals surface area contributed by atoms with E-state index in [0.717, 1.165) is 6.54 Å². The molecule has 142 valence electrons. The Balaban J connectivity index is 0.00000576. The number of rotatable bonds is 8. The van der Waals surface area contributed by atoms with Crippen LogP contribution in [-0.2, 0) is 14.6 Å². The van der Waals surface area contributed by atoms with Crippen LogP contribution in [0.5, 0.6) is 0 Å². The van der Waals surface area contributed by atoms with Crippen molar-refractivity contribution in [3.8, 4) is 0 Å². The van der Waals surface area contributed by atoms with Crippen molar-refractivity contribution in [2.75, 3.05) is 32.9 Å². The molecule has 1 atom stereocenters. The first-order valence-electron chi connectivity index (χ1n) is 7.72. The van der Waals surface area contributed by atoms with E-state index in [1.165, 1.54) is 43.3 Å². The summed E-state index contributed by atoms with van der Waals surface area (Å²) in [5.41, 5.74) is 0.372. The Morgan fingerprint density at radius 3 is 2.20 bits per heavy atom. The highest BCUT2D eigenvalue weighted by Gasteiger charge is 2.20. The summed E-state index contributed by atoms with van der Waals surface area (Å²) in [7, 11) is -0.714. The molecule has 2 amide bonds. The van der Waals surface area contributed by atoms with Gasteiger partial charge in [0.1, 0.15) is 5.75 Å². The van der Waals surface area contributed by atoms with Crippen LogP contribution >= 0.6 is 12.4 Å². The highest BCUT2D eigenvalue weighted by atomic mass is 35.5. The van der Waals surface area contributed by atoms with Gasteiger partial charge in [-0.15, -0.1) is 12.4 Å². The lowest BCUT2D eigenvalue weighted by atomic mass is 10.2. The van der Waals surface area contributed by atoms with E-state index in [-0.39, 0.29) is 29.3 Å². The van der Waals surface area contributed by atoms with Crippen LogP contribution in [0.3, 0.4) is 0 Å². The average molecular weight is 392 g/mol. The molecule has 0 aliphatic heterocycles. The van der Waals surface area contributed by atoms with Crippen LogP contribution < -0.4 is 10.6 Å². The van der Waals surface area contributed by atoms with E-state index < -0.39 is 21.5 Å². The third-order valence-electron chi connectivity index (χ3n) is 3.41. The predicted octanol–water partition coefficient (Wildman–Crippen LogP) is 0.698. The van der Waals surface area contributed by atoms with Crippen LogP contribution in [0.2, 0.25) is 0 Å². The number of nitrogens with one attached hydrogen (secondary N) is 2. The lowest BCUT2D eigenvalue weighted by Crippen LogP contribution is -2.38. The summed E-state index contributed by atoms with van der Waals surface area (Å²) in [6.07, 6.45) is 0. The number of benzene rings is 1. The van der Waals surface area contributed by atoms with E-state index in [1.807, 2.05) is 13.8 Å². The van der Waals surface area contributed by atoms with Crippen LogP contribution in [0.15, 0.2) is 29.2 Å². The molecule has 0 fully saturated rings. The van der Waals surface area contributed by atoms with E-state index in [4.69, 9.17) is 0 Å². The van der Waals surface area contributed by atoms with Crippen LogP contribution in [0.25, 0.3) is 0 Å². The Kier molecular flexibility index (Phi) is 9.69. The molecule has 0 heterocycles. The van der Waals surface area contributed by atoms with Crippen molar-refractivity contribution >= 4 is 34.1 Å². The highest BCUT2D eigenvalue weighted by Crippen LogP contribution is 2.13. The standard InChI is InChI=1S/C16H25N3O4S.ClH/c1-5-17-12(2)10-18-16(21)13-6-8-14(9-7-13)24(22,23)11-15(20)19(3)4;/h6-9,12,17H,5,10-11H2,1-4H3,(H,18,21);1H/t12-;/m1./s1. The third kappa shape index (κ3) is 7.41. The molecule has 0 aromatic heterocycles. The fraction of sp³-hybridized carbons (Fsp3) is 0.500. The maximum absolute atomic E-state index is 12.2. The SMILES string of the molecule is CCN[C@H](C)CNC(=O)c1ccc(S(=O)(=O)CC(=O)N(C)C)cc1.Cl. The summed E-state index contributed by atoms with van der Waals surface area (Å²) in [6.45, 7) is 5.24. The molecule has 0 saturated carbocycles. The predicted molar refractivity (Wildman–Crippen MR) is 99.9 cm³/mol. The summed E-state index contributed by atoms with van der Waals surface area (Å²) in [4.78, 5) is 24.9. The molecule has 0 saturated heterocycles. The summed E-state index contributed by atoms with van der Waals surface area (Å²) in [5, 5.41) is 5.96. The van der Waals surface area contributed by atoms with E-state index >= 15 is 0 Å². The molecule has 25 heavy (non-hydrogen) atoms. The van der Waals surface area contributed by atoms with Gasteiger partial charge < -0.3 is 15.5 Å². The number of carbonyl (C=O) groups is 2. The average Bonchev–Trinajstić information content (AvgIpc) is 2.52. The zero-order valence-electron chi connectivity index (χ0n) is 14.9. The Labute approximate surface area is 155 Å². The lowest BCUT2D eigenvalue weighted by Gasteiger charge is -2.13. The molecule has 0 unspecified atom stereocenters. The Hall–Kier alpha value is -1.64. The Morgan fingerprint density at radius 2 is 1.72 bits per heavy atom. The fourth-order valence-electron chi connectivity index (χ4n) is 1.96. The Bertz CT molecular complexity index is 675. The minimum Gasteiger partial charge on any atom is -0.350 e. The smallest absolute Gasteiger partial charge is 0.251 e. The first-order chi connectivity index (χ1) is 11.2. The van der Waals surface area contributed by atoms with Gasteiger partial charge in [0.2, 0.25) is 5.91 Å². The second-order valence-electron chi connectivity index (χ2n) is 5.74. The molecule has 0 aliphatic rings. The summed E-state index contributed by atoms with van der Waals surface area (Å²) >= 11 is 0. The number of hydrogen-bond donors (Lipinski definition) is 2. The number of amides is 2. The molecular weight excluding hydrogens is 366 g/mol. The van der Waals surface area contributed by atoms with Crippen LogP contribution in [-0.4, -0.2) is 64.1 Å². The minimum absolute atomic E-state index is 0. The Morgan fingerprint density at radius 1 is 1.16 bits per heavy atom. The first-order valence-corrected chi connectivity index (χ1v) is 9.37. The molecule has 7 nitrogen and oxygen atoms in total. The molecule has 0 aliphatic carbocycles. The largest absolute Gasteiger partial charge is 0.350 e. The van der Waals surface area contributed by atoms with Crippen molar-refractivity contribution in [3.05, 3.63) is 29.8 Å². The fourth-order valence-corrected chi connectivity index (χ4v) is 3.26. The highest BCUT2D eigenvalue weighted by molar-refractivity contribution is 7.92. The topological polar surface area (TPSA) is 95.6 Å². The van der Waals surface area contributed by atoms with Gasteiger partial charge in [0.25, 0.3) is 5.91 Å². The molecule has 2 N–H and O–H groups in total. The number of nitrogens with zero attached hydrogens (tertiary/aromatic N) is 1. The molecular formula is C16H26ClN3O4S. The minimum atomic E-state index is -3.71. The number of carbonyl (C=O) groups excluding carboxylic acids is 2. The second kappa shape index (κ2) is 10.4. The van der Waals surface area contributed by atoms with E-state index in [9.17, 15) is 18.0 Å². The van der Waals surface area contributed by atoms with Crippen LogP contribution in [0, 0.1) is 0 Å². The maximum atomic E-state index is 12.2. The number of likely N-dealkylation sites (N-methyl/N-ethyl adjacent to an activating group) is 1. The van der Waals surface area contributed by atoms with Gasteiger partial charge in [-0.05, 0) is 37.7 Å². The van der Waals surface area contributed by atoms with Crippen molar-refractivity contribution < 1.29 is 18.0 Å². The van der Waals surface area contributed by atoms with E-state index in [1.54, 1.807) is 0 Å². The molecule has 0 bridgehead atoms. The van der Waals surface area contributed by atoms with Crippen molar-refractivity contribution in [3.63, 3.8) is 0 Å². The van der Waals surface area contributed by atoms with Gasteiger partial charge in [-0.1, -0.05) is 6.92 Å². The number of sulfone groups is 1. The monoisotopic (exact) mass is 391 g/mol. The lowest BCUT2D eigenvalue weighted by molar-refractivity contribution is -0.125. The number of hydrogen-bond acceptors (Lipinski definition) is 5. The van der Waals surface area contributed by atoms with Gasteiger partial charge in [-0.25, -0.2) is 8.42 Å². The molecule has 9 heteroatoms. The molecule has 1 aromatic rings. The van der Waals surface area contributed by atoms with E-state index in [0.29, 0.717) is 12.1 Å². The van der Waals surface area contributed by atoms with Gasteiger partial charge in [-0.3, -0.25) is 9.59 Å². The van der Waals surface area contributed by atoms with Gasteiger partial charge in [0.05, 0.1) is 4.90 Å². The molecule has 0 spiro atoms. The van der Waals surface area contributed by atoms with Crippen molar-refractivity contribution in [1.29, 1.82) is 0 Å². The summed E-state index contributed by atoms with van der Waals surface area (Å²) < 4.78 is 24.3. The van der Waals surface area contributed by atoms with Crippen molar-refractivity contribution in [2.45, 2.75) is 24.8 Å². The number of halogens is 1. The first kappa shape index (κ1) is 23.4. The maximum Gasteiger partial charge on any atom is 0.251 e. The molecule has 0 radical (unpaired) electrons. The van der Waals surface area contributed by atoms with Crippen molar-refractivity contribution in [2.24, 2.45) is 0 Å². The zero-order chi connectivity index (χ0) is 18.3. The quantitative estimate of drug-likeness (QED) is 0.680. The van der Waals surface area contributed by atoms with Crippen LogP contribution in [0.4, 0.5) is 0 Å². The van der Waals surface area contributed by atoms with Gasteiger partial charge in [-0.2, -0.15) is 0 Å². The second-order valence-corrected chi connectivity index (χ2v) is 7.73. The summed E-state index contributed by atoms with van der Waals surface area (Å²) in [5.74, 6) is -1.35.